The summed E-state index contributed by atoms with van der Waals surface area (Å²) < 4.78 is 0. The fraction of sp³-hybridized carbons (Fsp3) is 1.00. The van der Waals surface area contributed by atoms with Gasteiger partial charge in [0.15, 0.2) is 0 Å². The third kappa shape index (κ3) is 4.17. The van der Waals surface area contributed by atoms with E-state index < -0.39 is 0 Å². The Balaban J connectivity index is 1.25. The number of aliphatic hydroxyl groups excluding tert-OH is 1. The summed E-state index contributed by atoms with van der Waals surface area (Å²) in [6.07, 6.45) is 10.6. The second-order valence-corrected chi connectivity index (χ2v) is 7.08. The Bertz CT molecular complexity index is 274. The van der Waals surface area contributed by atoms with Gasteiger partial charge < -0.3 is 15.3 Å². The number of nitrogens with one attached hydrogen (secondary N) is 1. The van der Waals surface area contributed by atoms with Gasteiger partial charge in [-0.05, 0) is 50.6 Å². The van der Waals surface area contributed by atoms with Crippen molar-refractivity contribution in [1.29, 1.82) is 0 Å². The molecule has 0 aromatic rings. The Kier molecular flexibility index (Phi) is 4.78. The fourth-order valence-corrected chi connectivity index (χ4v) is 3.97. The van der Waals surface area contributed by atoms with E-state index in [0.29, 0.717) is 0 Å². The normalized spacial score (nSPS) is 31.1. The first-order valence-corrected chi connectivity index (χ1v) is 8.44. The molecule has 2 unspecified atom stereocenters. The van der Waals surface area contributed by atoms with E-state index >= 15 is 0 Å². The average molecular weight is 266 g/mol. The smallest absolute Gasteiger partial charge is 0.0667 e. The molecule has 2 aliphatic carbocycles. The van der Waals surface area contributed by atoms with Crippen LogP contribution in [0.15, 0.2) is 0 Å². The minimum absolute atomic E-state index is 0.121. The van der Waals surface area contributed by atoms with Crippen LogP contribution in [0.2, 0.25) is 0 Å². The van der Waals surface area contributed by atoms with E-state index in [-0.39, 0.29) is 6.10 Å². The van der Waals surface area contributed by atoms with Gasteiger partial charge in [-0.3, -0.25) is 0 Å². The first-order valence-electron chi connectivity index (χ1n) is 8.44. The van der Waals surface area contributed by atoms with Crippen LogP contribution in [0.4, 0.5) is 0 Å². The molecule has 3 fully saturated rings. The molecule has 3 heteroatoms. The second-order valence-electron chi connectivity index (χ2n) is 7.08. The molecule has 19 heavy (non-hydrogen) atoms. The van der Waals surface area contributed by atoms with Crippen LogP contribution in [0.5, 0.6) is 0 Å². The summed E-state index contributed by atoms with van der Waals surface area (Å²) in [6.45, 7) is 4.50. The largest absolute Gasteiger partial charge is 0.392 e. The molecule has 0 bridgehead atoms. The van der Waals surface area contributed by atoms with Gasteiger partial charge in [-0.1, -0.05) is 25.7 Å². The lowest BCUT2D eigenvalue weighted by Gasteiger charge is -2.18. The maximum atomic E-state index is 10.1. The first-order chi connectivity index (χ1) is 9.31. The van der Waals surface area contributed by atoms with Crippen molar-refractivity contribution < 1.29 is 5.11 Å². The maximum absolute atomic E-state index is 10.1. The van der Waals surface area contributed by atoms with Crippen LogP contribution in [-0.2, 0) is 0 Å². The van der Waals surface area contributed by atoms with E-state index in [1.165, 1.54) is 58.0 Å². The van der Waals surface area contributed by atoms with Crippen LogP contribution in [0.25, 0.3) is 0 Å². The van der Waals surface area contributed by atoms with Crippen molar-refractivity contribution in [3.63, 3.8) is 0 Å². The SMILES string of the molecule is OC(CNCC1CCN(C2CC2)C1)CC1CCCC1. The van der Waals surface area contributed by atoms with Gasteiger partial charge in [-0.25, -0.2) is 0 Å². The van der Waals surface area contributed by atoms with E-state index in [4.69, 9.17) is 0 Å². The maximum Gasteiger partial charge on any atom is 0.0667 e. The number of hydrogen-bond acceptors (Lipinski definition) is 3. The summed E-state index contributed by atoms with van der Waals surface area (Å²) in [6, 6.07) is 0.929. The van der Waals surface area contributed by atoms with E-state index in [0.717, 1.165) is 37.4 Å². The van der Waals surface area contributed by atoms with Crippen molar-refractivity contribution in [2.24, 2.45) is 11.8 Å². The molecule has 3 aliphatic rings. The molecule has 0 aromatic heterocycles. The Labute approximate surface area is 117 Å². The molecule has 110 valence electrons. The highest BCUT2D eigenvalue weighted by Crippen LogP contribution is 2.31. The second kappa shape index (κ2) is 6.55. The van der Waals surface area contributed by atoms with Gasteiger partial charge in [0.25, 0.3) is 0 Å². The highest BCUT2D eigenvalue weighted by Gasteiger charge is 2.34. The third-order valence-corrected chi connectivity index (χ3v) is 5.27. The van der Waals surface area contributed by atoms with Crippen molar-refractivity contribution in [1.82, 2.24) is 10.2 Å². The Hall–Kier alpha value is -0.120. The lowest BCUT2D eigenvalue weighted by Crippen LogP contribution is -2.33. The number of hydrogen-bond donors (Lipinski definition) is 2. The Morgan fingerprint density at radius 2 is 1.84 bits per heavy atom. The fourth-order valence-electron chi connectivity index (χ4n) is 3.97. The molecule has 1 saturated heterocycles. The summed E-state index contributed by atoms with van der Waals surface area (Å²) in [7, 11) is 0. The molecule has 0 radical (unpaired) electrons. The molecule has 3 rings (SSSR count). The Morgan fingerprint density at radius 3 is 2.58 bits per heavy atom. The molecule has 2 N–H and O–H groups in total. The lowest BCUT2D eigenvalue weighted by atomic mass is 10.00. The van der Waals surface area contributed by atoms with E-state index in [2.05, 4.69) is 10.2 Å². The molecule has 3 nitrogen and oxygen atoms in total. The predicted molar refractivity (Wildman–Crippen MR) is 78.2 cm³/mol. The summed E-state index contributed by atoms with van der Waals surface area (Å²) >= 11 is 0. The standard InChI is InChI=1S/C16H30N2O/c19-16(9-13-3-1-2-4-13)11-17-10-14-7-8-18(12-14)15-5-6-15/h13-17,19H,1-12H2. The summed E-state index contributed by atoms with van der Waals surface area (Å²) in [4.78, 5) is 2.67. The van der Waals surface area contributed by atoms with Crippen molar-refractivity contribution in [2.75, 3.05) is 26.2 Å². The molecule has 0 spiro atoms. The average Bonchev–Trinajstić information content (AvgIpc) is 2.92. The molecule has 0 aromatic carbocycles. The zero-order valence-electron chi connectivity index (χ0n) is 12.2. The van der Waals surface area contributed by atoms with E-state index in [1.807, 2.05) is 0 Å². The molecule has 1 aliphatic heterocycles. The summed E-state index contributed by atoms with van der Waals surface area (Å²) in [5.41, 5.74) is 0. The molecule has 2 saturated carbocycles. The van der Waals surface area contributed by atoms with Crippen molar-refractivity contribution >= 4 is 0 Å². The van der Waals surface area contributed by atoms with Crippen LogP contribution in [0.3, 0.4) is 0 Å². The van der Waals surface area contributed by atoms with Crippen LogP contribution in [-0.4, -0.2) is 48.3 Å². The van der Waals surface area contributed by atoms with E-state index in [9.17, 15) is 5.11 Å². The lowest BCUT2D eigenvalue weighted by molar-refractivity contribution is 0.139. The van der Waals surface area contributed by atoms with Crippen LogP contribution in [0, 0.1) is 11.8 Å². The zero-order chi connectivity index (χ0) is 13.1. The molecular formula is C16H30N2O. The van der Waals surface area contributed by atoms with Gasteiger partial charge in [0, 0.05) is 19.1 Å². The first kappa shape index (κ1) is 13.8. The molecule has 2 atom stereocenters. The number of likely N-dealkylation sites (tertiary alicyclic amines) is 1. The zero-order valence-corrected chi connectivity index (χ0v) is 12.2. The minimum Gasteiger partial charge on any atom is -0.392 e. The van der Waals surface area contributed by atoms with Crippen molar-refractivity contribution in [3.05, 3.63) is 0 Å². The van der Waals surface area contributed by atoms with Crippen molar-refractivity contribution in [3.8, 4) is 0 Å². The minimum atomic E-state index is -0.121. The van der Waals surface area contributed by atoms with Gasteiger partial charge in [0.2, 0.25) is 0 Å². The highest BCUT2D eigenvalue weighted by molar-refractivity contribution is 4.90. The van der Waals surface area contributed by atoms with Crippen LogP contribution < -0.4 is 5.32 Å². The van der Waals surface area contributed by atoms with Gasteiger partial charge in [-0.15, -0.1) is 0 Å². The van der Waals surface area contributed by atoms with Gasteiger partial charge in [-0.2, -0.15) is 0 Å². The number of aliphatic hydroxyl groups is 1. The molecule has 1 heterocycles. The van der Waals surface area contributed by atoms with E-state index in [1.54, 1.807) is 0 Å². The number of rotatable bonds is 7. The van der Waals surface area contributed by atoms with Crippen molar-refractivity contribution in [2.45, 2.75) is 63.5 Å². The molecule has 0 amide bonds. The van der Waals surface area contributed by atoms with Crippen LogP contribution in [0.1, 0.15) is 51.4 Å². The van der Waals surface area contributed by atoms with Gasteiger partial charge in [0.05, 0.1) is 6.10 Å². The molecular weight excluding hydrogens is 236 g/mol. The highest BCUT2D eigenvalue weighted by atomic mass is 16.3. The Morgan fingerprint density at radius 1 is 1.05 bits per heavy atom. The third-order valence-electron chi connectivity index (χ3n) is 5.27. The monoisotopic (exact) mass is 266 g/mol. The van der Waals surface area contributed by atoms with Gasteiger partial charge >= 0.3 is 0 Å². The predicted octanol–water partition coefficient (Wildman–Crippen LogP) is 2.00. The van der Waals surface area contributed by atoms with Gasteiger partial charge in [0.1, 0.15) is 0 Å². The topological polar surface area (TPSA) is 35.5 Å². The quantitative estimate of drug-likeness (QED) is 0.740. The summed E-state index contributed by atoms with van der Waals surface area (Å²) in [5.74, 6) is 1.62. The summed E-state index contributed by atoms with van der Waals surface area (Å²) in [5, 5.41) is 13.6. The number of nitrogens with zero attached hydrogens (tertiary/aromatic N) is 1. The van der Waals surface area contributed by atoms with Crippen LogP contribution >= 0.6 is 0 Å².